The number of hydrogen-bond acceptors (Lipinski definition) is 6. The van der Waals surface area contributed by atoms with Crippen molar-refractivity contribution in [2.24, 2.45) is 0 Å². The highest BCUT2D eigenvalue weighted by Crippen LogP contribution is 2.14. The zero-order valence-corrected chi connectivity index (χ0v) is 47.8. The van der Waals surface area contributed by atoms with Crippen LogP contribution in [0.3, 0.4) is 0 Å². The summed E-state index contributed by atoms with van der Waals surface area (Å²) < 4.78 is 16.8. The summed E-state index contributed by atoms with van der Waals surface area (Å²) in [5.74, 6) is -0.930. The number of ether oxygens (including phenoxy) is 3. The molecular weight excluding hydrogens is 913 g/mol. The standard InChI is InChI=1S/C68H110O6/c1-4-7-10-13-16-19-22-24-26-28-30-31-32-33-34-35-36-37-39-40-42-44-46-49-52-55-58-61-67(70)73-64-65(63-72-66(69)60-57-54-51-48-21-18-15-12-9-6-3)74-68(71)62-59-56-53-50-47-45-43-41-38-29-27-25-23-20-17-14-11-8-5-2/h7-8,10-11,16-17,19-20,24-27,30-31,33-34,36-38,40-42,65H,4-6,9,12-15,18,21-23,28-29,32,35,39,43-64H2,1-3H3/b10-7-,11-8-,19-16-,20-17-,26-24-,27-25-,31-30-,34-33-,37-36-,41-38-,42-40-. The molecule has 6 heteroatoms. The largest absolute Gasteiger partial charge is 0.462 e. The van der Waals surface area contributed by atoms with E-state index in [-0.39, 0.29) is 31.1 Å². The van der Waals surface area contributed by atoms with Gasteiger partial charge in [-0.05, 0) is 116 Å². The Hall–Kier alpha value is -4.45. The van der Waals surface area contributed by atoms with Gasteiger partial charge in [0.15, 0.2) is 6.10 Å². The lowest BCUT2D eigenvalue weighted by atomic mass is 10.1. The van der Waals surface area contributed by atoms with Crippen molar-refractivity contribution in [2.75, 3.05) is 13.2 Å². The molecule has 0 aliphatic rings. The van der Waals surface area contributed by atoms with E-state index >= 15 is 0 Å². The van der Waals surface area contributed by atoms with Gasteiger partial charge in [-0.15, -0.1) is 0 Å². The predicted molar refractivity (Wildman–Crippen MR) is 320 cm³/mol. The van der Waals surface area contributed by atoms with Gasteiger partial charge in [0.05, 0.1) is 0 Å². The van der Waals surface area contributed by atoms with Gasteiger partial charge in [-0.1, -0.05) is 257 Å². The molecule has 0 aromatic carbocycles. The van der Waals surface area contributed by atoms with Crippen molar-refractivity contribution in [3.05, 3.63) is 134 Å². The zero-order chi connectivity index (χ0) is 53.6. The van der Waals surface area contributed by atoms with Gasteiger partial charge in [0.25, 0.3) is 0 Å². The number of hydrogen-bond donors (Lipinski definition) is 0. The van der Waals surface area contributed by atoms with Crippen LogP contribution in [0.2, 0.25) is 0 Å². The SMILES string of the molecule is CC/C=C\C/C=C\C/C=C\C/C=C\C/C=C\C/C=C\C/C=C\CCCCCCCC(=O)OCC(COC(=O)CCCCCCCCCCCC)OC(=O)CCCCCCCC/C=C\C/C=C\C/C=C\C/C=C\CC. The molecule has 0 radical (unpaired) electrons. The fourth-order valence-electron chi connectivity index (χ4n) is 7.94. The molecule has 1 unspecified atom stereocenters. The molecule has 418 valence electrons. The highest BCUT2D eigenvalue weighted by Gasteiger charge is 2.19. The molecule has 0 spiro atoms. The Morgan fingerprint density at radius 1 is 0.284 bits per heavy atom. The van der Waals surface area contributed by atoms with E-state index in [0.29, 0.717) is 19.3 Å². The average molecular weight is 1020 g/mol. The van der Waals surface area contributed by atoms with E-state index in [9.17, 15) is 14.4 Å². The quantitative estimate of drug-likeness (QED) is 0.0261. The smallest absolute Gasteiger partial charge is 0.306 e. The molecule has 0 aromatic rings. The van der Waals surface area contributed by atoms with E-state index in [4.69, 9.17) is 14.2 Å². The van der Waals surface area contributed by atoms with Crippen molar-refractivity contribution in [2.45, 2.75) is 264 Å². The fraction of sp³-hybridized carbons (Fsp3) is 0.632. The molecule has 0 fully saturated rings. The molecule has 0 heterocycles. The van der Waals surface area contributed by atoms with Crippen LogP contribution in [0.15, 0.2) is 134 Å². The Kier molecular flexibility index (Phi) is 57.4. The molecule has 0 bridgehead atoms. The van der Waals surface area contributed by atoms with Crippen LogP contribution < -0.4 is 0 Å². The topological polar surface area (TPSA) is 78.9 Å². The Balaban J connectivity index is 4.37. The van der Waals surface area contributed by atoms with Gasteiger partial charge in [-0.2, -0.15) is 0 Å². The van der Waals surface area contributed by atoms with Crippen molar-refractivity contribution in [1.29, 1.82) is 0 Å². The Morgan fingerprint density at radius 2 is 0.527 bits per heavy atom. The van der Waals surface area contributed by atoms with E-state index in [1.807, 2.05) is 0 Å². The van der Waals surface area contributed by atoms with Crippen LogP contribution >= 0.6 is 0 Å². The van der Waals surface area contributed by atoms with Crippen LogP contribution in [0.1, 0.15) is 258 Å². The Bertz CT molecular complexity index is 1600. The normalized spacial score (nSPS) is 13.1. The molecule has 74 heavy (non-hydrogen) atoms. The average Bonchev–Trinajstić information content (AvgIpc) is 3.40. The maximum absolute atomic E-state index is 12.9. The van der Waals surface area contributed by atoms with Gasteiger partial charge in [-0.25, -0.2) is 0 Å². The third kappa shape index (κ3) is 58.4. The molecule has 0 amide bonds. The second-order valence-electron chi connectivity index (χ2n) is 19.5. The summed E-state index contributed by atoms with van der Waals surface area (Å²) >= 11 is 0. The van der Waals surface area contributed by atoms with E-state index in [0.717, 1.165) is 161 Å². The molecular formula is C68H110O6. The van der Waals surface area contributed by atoms with Crippen molar-refractivity contribution in [3.63, 3.8) is 0 Å². The first-order valence-electron chi connectivity index (χ1n) is 30.2. The summed E-state index contributed by atoms with van der Waals surface area (Å²) in [5, 5.41) is 0. The first-order valence-corrected chi connectivity index (χ1v) is 30.2. The maximum Gasteiger partial charge on any atom is 0.306 e. The van der Waals surface area contributed by atoms with Crippen LogP contribution in [0.25, 0.3) is 0 Å². The molecule has 0 saturated heterocycles. The van der Waals surface area contributed by atoms with Crippen LogP contribution in [-0.4, -0.2) is 37.2 Å². The number of unbranched alkanes of at least 4 members (excludes halogenated alkanes) is 20. The first kappa shape index (κ1) is 69.5. The summed E-state index contributed by atoms with van der Waals surface area (Å²) in [6, 6.07) is 0. The lowest BCUT2D eigenvalue weighted by Crippen LogP contribution is -2.30. The molecule has 6 nitrogen and oxygen atoms in total. The van der Waals surface area contributed by atoms with Gasteiger partial charge >= 0.3 is 17.9 Å². The Morgan fingerprint density at radius 3 is 0.824 bits per heavy atom. The zero-order valence-electron chi connectivity index (χ0n) is 47.8. The lowest BCUT2D eigenvalue weighted by Gasteiger charge is -2.18. The second-order valence-corrected chi connectivity index (χ2v) is 19.5. The van der Waals surface area contributed by atoms with E-state index < -0.39 is 6.10 Å². The van der Waals surface area contributed by atoms with E-state index in [1.165, 1.54) is 57.8 Å². The summed E-state index contributed by atoms with van der Waals surface area (Å²) in [6.07, 6.45) is 85.9. The minimum atomic E-state index is -0.797. The number of esters is 3. The molecule has 0 aliphatic carbocycles. The minimum absolute atomic E-state index is 0.0925. The number of carbonyl (C=O) groups excluding carboxylic acids is 3. The minimum Gasteiger partial charge on any atom is -0.462 e. The van der Waals surface area contributed by atoms with E-state index in [2.05, 4.69) is 154 Å². The second kappa shape index (κ2) is 61.1. The number of carbonyl (C=O) groups is 3. The third-order valence-electron chi connectivity index (χ3n) is 12.4. The molecule has 1 atom stereocenters. The predicted octanol–water partition coefficient (Wildman–Crippen LogP) is 20.6. The Labute approximate surface area is 455 Å². The van der Waals surface area contributed by atoms with Crippen LogP contribution in [0, 0.1) is 0 Å². The fourth-order valence-corrected chi connectivity index (χ4v) is 7.94. The number of allylic oxidation sites excluding steroid dienone is 22. The van der Waals surface area contributed by atoms with Crippen molar-refractivity contribution in [3.8, 4) is 0 Å². The van der Waals surface area contributed by atoms with Crippen LogP contribution in [0.5, 0.6) is 0 Å². The maximum atomic E-state index is 12.9. The summed E-state index contributed by atoms with van der Waals surface area (Å²) in [4.78, 5) is 38.2. The highest BCUT2D eigenvalue weighted by molar-refractivity contribution is 5.71. The lowest BCUT2D eigenvalue weighted by molar-refractivity contribution is -0.167. The molecule has 0 aliphatic heterocycles. The van der Waals surface area contributed by atoms with Crippen molar-refractivity contribution >= 4 is 17.9 Å². The molecule has 0 saturated carbocycles. The van der Waals surface area contributed by atoms with Gasteiger partial charge in [-0.3, -0.25) is 14.4 Å². The number of rotatable bonds is 53. The van der Waals surface area contributed by atoms with Gasteiger partial charge < -0.3 is 14.2 Å². The van der Waals surface area contributed by atoms with Gasteiger partial charge in [0, 0.05) is 19.3 Å². The van der Waals surface area contributed by atoms with E-state index in [1.54, 1.807) is 0 Å². The van der Waals surface area contributed by atoms with Crippen molar-refractivity contribution < 1.29 is 28.6 Å². The van der Waals surface area contributed by atoms with Gasteiger partial charge in [0.1, 0.15) is 13.2 Å². The summed E-state index contributed by atoms with van der Waals surface area (Å²) in [6.45, 7) is 6.37. The monoisotopic (exact) mass is 1020 g/mol. The molecule has 0 aromatic heterocycles. The summed E-state index contributed by atoms with van der Waals surface area (Å²) in [5.41, 5.74) is 0. The molecule has 0 N–H and O–H groups in total. The van der Waals surface area contributed by atoms with Gasteiger partial charge in [0.2, 0.25) is 0 Å². The van der Waals surface area contributed by atoms with Crippen LogP contribution in [0.4, 0.5) is 0 Å². The summed E-state index contributed by atoms with van der Waals surface area (Å²) in [7, 11) is 0. The van der Waals surface area contributed by atoms with Crippen molar-refractivity contribution in [1.82, 2.24) is 0 Å². The molecule has 0 rings (SSSR count). The third-order valence-corrected chi connectivity index (χ3v) is 12.4. The first-order chi connectivity index (χ1) is 36.5. The highest BCUT2D eigenvalue weighted by atomic mass is 16.6. The van der Waals surface area contributed by atoms with Crippen LogP contribution in [-0.2, 0) is 28.6 Å².